The topological polar surface area (TPSA) is 31.4 Å². The first-order chi connectivity index (χ1) is 8.63. The van der Waals surface area contributed by atoms with Crippen molar-refractivity contribution in [3.63, 3.8) is 0 Å². The van der Waals surface area contributed by atoms with E-state index in [0.29, 0.717) is 12.1 Å². The van der Waals surface area contributed by atoms with Crippen LogP contribution in [0.2, 0.25) is 0 Å². The van der Waals surface area contributed by atoms with Gasteiger partial charge in [-0.25, -0.2) is 0 Å². The third-order valence-corrected chi connectivity index (χ3v) is 3.95. The number of anilines is 1. The summed E-state index contributed by atoms with van der Waals surface area (Å²) >= 11 is 0. The Bertz CT molecular complexity index is 381. The van der Waals surface area contributed by atoms with E-state index in [9.17, 15) is 0 Å². The molecule has 1 aliphatic heterocycles. The number of hydrogen-bond acceptors (Lipinski definition) is 4. The SMILES string of the molecule is CNCc1cnccc1N1CC(C)N(C)C(C)C1. The van der Waals surface area contributed by atoms with Crippen LogP contribution >= 0.6 is 0 Å². The number of hydrogen-bond donors (Lipinski definition) is 1. The molecule has 0 amide bonds. The summed E-state index contributed by atoms with van der Waals surface area (Å²) in [5.74, 6) is 0. The maximum Gasteiger partial charge on any atom is 0.0443 e. The lowest BCUT2D eigenvalue weighted by Crippen LogP contribution is -2.55. The van der Waals surface area contributed by atoms with Gasteiger partial charge in [0.2, 0.25) is 0 Å². The summed E-state index contributed by atoms with van der Waals surface area (Å²) in [6.07, 6.45) is 3.86. The average molecular weight is 248 g/mol. The minimum Gasteiger partial charge on any atom is -0.368 e. The second kappa shape index (κ2) is 5.67. The molecule has 2 heterocycles. The van der Waals surface area contributed by atoms with E-state index in [1.165, 1.54) is 11.3 Å². The summed E-state index contributed by atoms with van der Waals surface area (Å²) in [5.41, 5.74) is 2.61. The molecule has 1 aliphatic rings. The summed E-state index contributed by atoms with van der Waals surface area (Å²) < 4.78 is 0. The molecule has 2 atom stereocenters. The maximum atomic E-state index is 4.23. The lowest BCUT2D eigenvalue weighted by atomic mass is 10.1. The van der Waals surface area contributed by atoms with Gasteiger partial charge in [0.15, 0.2) is 0 Å². The monoisotopic (exact) mass is 248 g/mol. The fourth-order valence-corrected chi connectivity index (χ4v) is 2.66. The van der Waals surface area contributed by atoms with Crippen LogP contribution in [-0.2, 0) is 6.54 Å². The van der Waals surface area contributed by atoms with Crippen molar-refractivity contribution >= 4 is 5.69 Å². The van der Waals surface area contributed by atoms with E-state index in [-0.39, 0.29) is 0 Å². The fourth-order valence-electron chi connectivity index (χ4n) is 2.66. The molecule has 1 aromatic heterocycles. The number of nitrogens with zero attached hydrogens (tertiary/aromatic N) is 3. The lowest BCUT2D eigenvalue weighted by molar-refractivity contribution is 0.170. The molecule has 1 N–H and O–H groups in total. The second-order valence-corrected chi connectivity index (χ2v) is 5.30. The van der Waals surface area contributed by atoms with Gasteiger partial charge in [-0.15, -0.1) is 0 Å². The number of aromatic nitrogens is 1. The molecule has 0 spiro atoms. The van der Waals surface area contributed by atoms with Gasteiger partial charge in [0, 0.05) is 55.4 Å². The van der Waals surface area contributed by atoms with Crippen molar-refractivity contribution < 1.29 is 0 Å². The Hall–Kier alpha value is -1.13. The van der Waals surface area contributed by atoms with Crippen LogP contribution in [0, 0.1) is 0 Å². The predicted octanol–water partition coefficient (Wildman–Crippen LogP) is 1.33. The second-order valence-electron chi connectivity index (χ2n) is 5.30. The highest BCUT2D eigenvalue weighted by molar-refractivity contribution is 5.53. The maximum absolute atomic E-state index is 4.23. The summed E-state index contributed by atoms with van der Waals surface area (Å²) in [7, 11) is 4.19. The number of nitrogens with one attached hydrogen (secondary N) is 1. The Morgan fingerprint density at radius 2 is 2.00 bits per heavy atom. The Labute approximate surface area is 110 Å². The molecule has 1 saturated heterocycles. The Morgan fingerprint density at radius 1 is 1.33 bits per heavy atom. The van der Waals surface area contributed by atoms with Crippen LogP contribution in [0.25, 0.3) is 0 Å². The van der Waals surface area contributed by atoms with Gasteiger partial charge in [-0.2, -0.15) is 0 Å². The third-order valence-electron chi connectivity index (χ3n) is 3.95. The summed E-state index contributed by atoms with van der Waals surface area (Å²) in [6.45, 7) is 7.63. The fraction of sp³-hybridized carbons (Fsp3) is 0.643. The lowest BCUT2D eigenvalue weighted by Gasteiger charge is -2.44. The molecule has 4 heteroatoms. The molecule has 18 heavy (non-hydrogen) atoms. The zero-order valence-corrected chi connectivity index (χ0v) is 11.8. The summed E-state index contributed by atoms with van der Waals surface area (Å²) in [4.78, 5) is 9.18. The zero-order chi connectivity index (χ0) is 13.1. The normalized spacial score (nSPS) is 25.4. The zero-order valence-electron chi connectivity index (χ0n) is 11.8. The van der Waals surface area contributed by atoms with Gasteiger partial charge >= 0.3 is 0 Å². The van der Waals surface area contributed by atoms with Crippen molar-refractivity contribution in [2.24, 2.45) is 0 Å². The largest absolute Gasteiger partial charge is 0.368 e. The van der Waals surface area contributed by atoms with Gasteiger partial charge in [-0.3, -0.25) is 9.88 Å². The summed E-state index contributed by atoms with van der Waals surface area (Å²) in [6, 6.07) is 3.31. The average Bonchev–Trinajstić information content (AvgIpc) is 2.36. The van der Waals surface area contributed by atoms with E-state index in [4.69, 9.17) is 0 Å². The highest BCUT2D eigenvalue weighted by Gasteiger charge is 2.27. The van der Waals surface area contributed by atoms with Crippen molar-refractivity contribution in [2.75, 3.05) is 32.1 Å². The molecule has 4 nitrogen and oxygen atoms in total. The highest BCUT2D eigenvalue weighted by Crippen LogP contribution is 2.24. The van der Waals surface area contributed by atoms with E-state index in [1.807, 2.05) is 19.4 Å². The van der Waals surface area contributed by atoms with Crippen molar-refractivity contribution in [2.45, 2.75) is 32.5 Å². The van der Waals surface area contributed by atoms with Crippen molar-refractivity contribution in [3.05, 3.63) is 24.0 Å². The van der Waals surface area contributed by atoms with Crippen LogP contribution in [0.3, 0.4) is 0 Å². The van der Waals surface area contributed by atoms with Crippen LogP contribution in [0.15, 0.2) is 18.5 Å². The molecule has 1 fully saturated rings. The molecule has 0 aliphatic carbocycles. The van der Waals surface area contributed by atoms with Gasteiger partial charge in [0.25, 0.3) is 0 Å². The first kappa shape index (κ1) is 13.3. The molecular weight excluding hydrogens is 224 g/mol. The first-order valence-corrected chi connectivity index (χ1v) is 6.68. The molecule has 100 valence electrons. The van der Waals surface area contributed by atoms with Gasteiger partial charge < -0.3 is 10.2 Å². The minimum atomic E-state index is 0.587. The predicted molar refractivity (Wildman–Crippen MR) is 75.9 cm³/mol. The molecule has 0 radical (unpaired) electrons. The van der Waals surface area contributed by atoms with Gasteiger partial charge in [-0.05, 0) is 34.0 Å². The van der Waals surface area contributed by atoms with Gasteiger partial charge in [0.1, 0.15) is 0 Å². The van der Waals surface area contributed by atoms with Gasteiger partial charge in [-0.1, -0.05) is 0 Å². The first-order valence-electron chi connectivity index (χ1n) is 6.68. The standard InChI is InChI=1S/C14H24N4/c1-11-9-18(10-12(2)17(11)4)14-5-6-16-8-13(14)7-15-3/h5-6,8,11-12,15H,7,9-10H2,1-4H3. The molecule has 0 saturated carbocycles. The number of pyridine rings is 1. The van der Waals surface area contributed by atoms with E-state index in [2.05, 4.69) is 47.1 Å². The van der Waals surface area contributed by atoms with E-state index in [0.717, 1.165) is 19.6 Å². The van der Waals surface area contributed by atoms with Crippen LogP contribution < -0.4 is 10.2 Å². The minimum absolute atomic E-state index is 0.587. The number of piperazine rings is 1. The molecular formula is C14H24N4. The molecule has 0 aromatic carbocycles. The van der Waals surface area contributed by atoms with Crippen LogP contribution in [0.5, 0.6) is 0 Å². The Kier molecular flexibility index (Phi) is 4.19. The quantitative estimate of drug-likeness (QED) is 0.874. The number of rotatable bonds is 3. The van der Waals surface area contributed by atoms with E-state index in [1.54, 1.807) is 0 Å². The van der Waals surface area contributed by atoms with Crippen molar-refractivity contribution in [3.8, 4) is 0 Å². The summed E-state index contributed by atoms with van der Waals surface area (Å²) in [5, 5.41) is 3.22. The highest BCUT2D eigenvalue weighted by atomic mass is 15.3. The molecule has 1 aromatic rings. The molecule has 2 unspecified atom stereocenters. The smallest absolute Gasteiger partial charge is 0.0443 e. The van der Waals surface area contributed by atoms with E-state index < -0.39 is 0 Å². The Morgan fingerprint density at radius 3 is 2.61 bits per heavy atom. The van der Waals surface area contributed by atoms with Gasteiger partial charge in [0.05, 0.1) is 0 Å². The van der Waals surface area contributed by atoms with Crippen LogP contribution in [0.4, 0.5) is 5.69 Å². The third kappa shape index (κ3) is 2.65. The molecule has 2 rings (SSSR count). The van der Waals surface area contributed by atoms with Crippen molar-refractivity contribution in [1.82, 2.24) is 15.2 Å². The Balaban J connectivity index is 2.21. The van der Waals surface area contributed by atoms with Crippen LogP contribution in [-0.4, -0.2) is 49.2 Å². The van der Waals surface area contributed by atoms with Crippen molar-refractivity contribution in [1.29, 1.82) is 0 Å². The van der Waals surface area contributed by atoms with Crippen LogP contribution in [0.1, 0.15) is 19.4 Å². The number of likely N-dealkylation sites (N-methyl/N-ethyl adjacent to an activating group) is 1. The van der Waals surface area contributed by atoms with E-state index >= 15 is 0 Å². The molecule has 0 bridgehead atoms.